The number of hydrogen-bond acceptors (Lipinski definition) is 1. The van der Waals surface area contributed by atoms with Crippen LogP contribution in [-0.4, -0.2) is 10.5 Å². The number of nitrogens with zero attached hydrogens (tertiary/aromatic N) is 1. The summed E-state index contributed by atoms with van der Waals surface area (Å²) >= 11 is 13.0. The van der Waals surface area contributed by atoms with Crippen LogP contribution in [0.15, 0.2) is 66.7 Å². The van der Waals surface area contributed by atoms with Gasteiger partial charge < -0.3 is 10.3 Å². The molecule has 0 aliphatic carbocycles. The van der Waals surface area contributed by atoms with Crippen molar-refractivity contribution in [2.45, 2.75) is 20.4 Å². The highest BCUT2D eigenvalue weighted by atomic mass is 35.5. The normalized spacial score (nSPS) is 11.4. The van der Waals surface area contributed by atoms with E-state index in [0.717, 1.165) is 32.9 Å². The van der Waals surface area contributed by atoms with Crippen molar-refractivity contribution in [2.75, 3.05) is 0 Å². The summed E-state index contributed by atoms with van der Waals surface area (Å²) in [6.07, 6.45) is 0. The first-order valence-electron chi connectivity index (χ1n) is 10.6. The molecule has 5 aromatic rings. The van der Waals surface area contributed by atoms with Gasteiger partial charge >= 0.3 is 0 Å². The van der Waals surface area contributed by atoms with Gasteiger partial charge in [-0.2, -0.15) is 0 Å². The van der Waals surface area contributed by atoms with Crippen molar-refractivity contribution in [3.63, 3.8) is 0 Å². The molecule has 4 aromatic carbocycles. The van der Waals surface area contributed by atoms with Crippen LogP contribution in [0.25, 0.3) is 32.9 Å². The molecule has 33 heavy (non-hydrogen) atoms. The number of halogens is 2. The number of benzene rings is 4. The molecule has 2 N–H and O–H groups in total. The second kappa shape index (κ2) is 8.26. The van der Waals surface area contributed by atoms with E-state index in [4.69, 9.17) is 28.9 Å². The molecule has 0 unspecified atom stereocenters. The highest BCUT2D eigenvalue weighted by Crippen LogP contribution is 2.39. The van der Waals surface area contributed by atoms with Crippen LogP contribution in [0.1, 0.15) is 27.0 Å². The van der Waals surface area contributed by atoms with Crippen LogP contribution in [0.4, 0.5) is 0 Å². The van der Waals surface area contributed by atoms with E-state index >= 15 is 0 Å². The first kappa shape index (κ1) is 21.6. The number of hydrogen-bond donors (Lipinski definition) is 1. The molecule has 1 amide bonds. The Balaban J connectivity index is 1.85. The van der Waals surface area contributed by atoms with Gasteiger partial charge in [0.1, 0.15) is 0 Å². The van der Waals surface area contributed by atoms with Crippen molar-refractivity contribution in [1.82, 2.24) is 4.57 Å². The van der Waals surface area contributed by atoms with Crippen LogP contribution in [0.3, 0.4) is 0 Å². The smallest absolute Gasteiger partial charge is 0.249 e. The second-order valence-corrected chi connectivity index (χ2v) is 9.07. The summed E-state index contributed by atoms with van der Waals surface area (Å²) in [5.41, 5.74) is 13.4. The van der Waals surface area contributed by atoms with E-state index in [0.29, 0.717) is 22.2 Å². The summed E-state index contributed by atoms with van der Waals surface area (Å²) in [6.45, 7) is 4.89. The van der Waals surface area contributed by atoms with Gasteiger partial charge in [-0.25, -0.2) is 0 Å². The Hall–Kier alpha value is -3.27. The first-order valence-corrected chi connectivity index (χ1v) is 11.4. The molecule has 0 bridgehead atoms. The van der Waals surface area contributed by atoms with Gasteiger partial charge in [0.05, 0.1) is 11.0 Å². The monoisotopic (exact) mass is 471 g/mol. The maximum absolute atomic E-state index is 12.3. The lowest BCUT2D eigenvalue weighted by Gasteiger charge is -2.13. The predicted octanol–water partition coefficient (Wildman–Crippen LogP) is 7.33. The minimum absolute atomic E-state index is 0.460. The number of nitrogens with two attached hydrogens (primary N) is 1. The van der Waals surface area contributed by atoms with E-state index in [9.17, 15) is 4.79 Å². The summed E-state index contributed by atoms with van der Waals surface area (Å²) < 4.78 is 2.21. The van der Waals surface area contributed by atoms with Crippen molar-refractivity contribution in [2.24, 2.45) is 5.73 Å². The molecule has 0 spiro atoms. The average molecular weight is 472 g/mol. The lowest BCUT2D eigenvalue weighted by atomic mass is 10.0. The standard InChI is InChI=1S/C28H21Cl2N2O/c1-16-6-3-7-19(17(16)2)15-32-24-11-4-8-21(28(31)33)27(24)20-13-12-18(14-25(20)32)26-22(29)9-5-10-23(26)30/h3-12,14H,15H2,1-2H3,(H2,31,33). The van der Waals surface area contributed by atoms with Crippen LogP contribution >= 0.6 is 23.2 Å². The summed E-state index contributed by atoms with van der Waals surface area (Å²) in [5.74, 6) is -0.460. The molecule has 1 aromatic heterocycles. The fourth-order valence-electron chi connectivity index (χ4n) is 4.50. The molecule has 5 heteroatoms. The third-order valence-electron chi connectivity index (χ3n) is 6.36. The molecule has 5 rings (SSSR count). The van der Waals surface area contributed by atoms with Crippen LogP contribution in [-0.2, 0) is 6.54 Å². The number of carbonyl (C=O) groups excluding carboxylic acids is 1. The molecule has 163 valence electrons. The van der Waals surface area contributed by atoms with Gasteiger partial charge in [-0.3, -0.25) is 4.79 Å². The molecule has 0 saturated carbocycles. The van der Waals surface area contributed by atoms with E-state index in [2.05, 4.69) is 48.7 Å². The fourth-order valence-corrected chi connectivity index (χ4v) is 5.12. The van der Waals surface area contributed by atoms with Gasteiger partial charge in [-0.15, -0.1) is 0 Å². The zero-order chi connectivity index (χ0) is 23.3. The number of amides is 1. The highest BCUT2D eigenvalue weighted by Gasteiger charge is 2.19. The van der Waals surface area contributed by atoms with Gasteiger partial charge in [0.2, 0.25) is 5.91 Å². The Morgan fingerprint density at radius 2 is 1.67 bits per heavy atom. The Labute approximate surface area is 202 Å². The van der Waals surface area contributed by atoms with Crippen molar-refractivity contribution in [1.29, 1.82) is 0 Å². The van der Waals surface area contributed by atoms with Crippen LogP contribution in [0.2, 0.25) is 10.0 Å². The lowest BCUT2D eigenvalue weighted by Crippen LogP contribution is -2.11. The summed E-state index contributed by atoms with van der Waals surface area (Å²) in [7, 11) is 0. The van der Waals surface area contributed by atoms with Gasteiger partial charge in [0.15, 0.2) is 0 Å². The second-order valence-electron chi connectivity index (χ2n) is 8.25. The number of carbonyl (C=O) groups is 1. The minimum Gasteiger partial charge on any atom is -0.366 e. The maximum atomic E-state index is 12.3. The maximum Gasteiger partial charge on any atom is 0.249 e. The van der Waals surface area contributed by atoms with Crippen molar-refractivity contribution in [3.05, 3.63) is 105 Å². The van der Waals surface area contributed by atoms with Crippen molar-refractivity contribution < 1.29 is 4.79 Å². The average Bonchev–Trinajstić information content (AvgIpc) is 3.10. The van der Waals surface area contributed by atoms with Crippen molar-refractivity contribution in [3.8, 4) is 11.1 Å². The number of fused-ring (bicyclic) bond motifs is 3. The van der Waals surface area contributed by atoms with Gasteiger partial charge in [0.25, 0.3) is 0 Å². The molecule has 0 fully saturated rings. The molecule has 1 heterocycles. The van der Waals surface area contributed by atoms with Crippen LogP contribution in [0, 0.1) is 19.9 Å². The van der Waals surface area contributed by atoms with E-state index in [1.807, 2.05) is 36.4 Å². The topological polar surface area (TPSA) is 48.0 Å². The Morgan fingerprint density at radius 3 is 2.39 bits per heavy atom. The molecule has 0 aliphatic heterocycles. The third-order valence-corrected chi connectivity index (χ3v) is 6.99. The Kier molecular flexibility index (Phi) is 5.40. The Bertz CT molecular complexity index is 1550. The first-order chi connectivity index (χ1) is 15.9. The lowest BCUT2D eigenvalue weighted by molar-refractivity contribution is 0.100. The van der Waals surface area contributed by atoms with Gasteiger partial charge in [-0.05, 0) is 78.6 Å². The summed E-state index contributed by atoms with van der Waals surface area (Å²) in [4.78, 5) is 12.3. The fraction of sp³-hybridized carbons (Fsp3) is 0.107. The quantitative estimate of drug-likeness (QED) is 0.292. The van der Waals surface area contributed by atoms with Gasteiger partial charge in [-0.1, -0.05) is 53.5 Å². The summed E-state index contributed by atoms with van der Waals surface area (Å²) in [6, 6.07) is 24.8. The van der Waals surface area contributed by atoms with Crippen LogP contribution < -0.4 is 5.73 Å². The molecule has 0 atom stereocenters. The number of aryl methyl sites for hydroxylation is 1. The third kappa shape index (κ3) is 3.58. The van der Waals surface area contributed by atoms with Crippen LogP contribution in [0.5, 0.6) is 0 Å². The molecular weight excluding hydrogens is 451 g/mol. The molecule has 1 radical (unpaired) electrons. The number of aromatic nitrogens is 1. The molecule has 0 saturated heterocycles. The van der Waals surface area contributed by atoms with E-state index in [1.165, 1.54) is 16.7 Å². The van der Waals surface area contributed by atoms with Gasteiger partial charge in [0, 0.05) is 38.5 Å². The minimum atomic E-state index is -0.460. The van der Waals surface area contributed by atoms with E-state index in [1.54, 1.807) is 6.07 Å². The molecule has 3 nitrogen and oxygen atoms in total. The number of rotatable bonds is 4. The Morgan fingerprint density at radius 1 is 0.970 bits per heavy atom. The highest BCUT2D eigenvalue weighted by molar-refractivity contribution is 6.39. The van der Waals surface area contributed by atoms with E-state index < -0.39 is 5.91 Å². The molecule has 0 aliphatic rings. The van der Waals surface area contributed by atoms with E-state index in [-0.39, 0.29) is 0 Å². The number of primary amides is 1. The SMILES string of the molecule is Cc1cccc(Cn2c3cc(-c4c(Cl)cccc4Cl)c[c]c3c3c(C(N)=O)cccc32)c1C. The zero-order valence-electron chi connectivity index (χ0n) is 18.2. The largest absolute Gasteiger partial charge is 0.366 e. The van der Waals surface area contributed by atoms with Crippen molar-refractivity contribution >= 4 is 50.9 Å². The molecular formula is C28H21Cl2N2O. The summed E-state index contributed by atoms with van der Waals surface area (Å²) in [5, 5.41) is 2.80. The predicted molar refractivity (Wildman–Crippen MR) is 137 cm³/mol. The zero-order valence-corrected chi connectivity index (χ0v) is 19.8.